The van der Waals surface area contributed by atoms with E-state index in [0.29, 0.717) is 11.5 Å². The summed E-state index contributed by atoms with van der Waals surface area (Å²) in [5, 5.41) is 12.9. The summed E-state index contributed by atoms with van der Waals surface area (Å²) in [4.78, 5) is 10.7. The van der Waals surface area contributed by atoms with Gasteiger partial charge in [0.15, 0.2) is 11.6 Å². The monoisotopic (exact) mass is 278 g/mol. The van der Waals surface area contributed by atoms with Crippen molar-refractivity contribution in [1.29, 1.82) is 0 Å². The van der Waals surface area contributed by atoms with Crippen molar-refractivity contribution in [1.82, 2.24) is 9.78 Å². The fourth-order valence-electron chi connectivity index (χ4n) is 2.11. The molecule has 6 heteroatoms. The third kappa shape index (κ3) is 2.29. The van der Waals surface area contributed by atoms with Gasteiger partial charge in [0.05, 0.1) is 11.8 Å². The zero-order chi connectivity index (χ0) is 14.3. The van der Waals surface area contributed by atoms with E-state index in [4.69, 9.17) is 5.11 Å². The second-order valence-electron chi connectivity index (χ2n) is 4.99. The fourth-order valence-corrected chi connectivity index (χ4v) is 2.11. The number of carbonyl (C=O) groups is 1. The van der Waals surface area contributed by atoms with Crippen molar-refractivity contribution in [3.8, 4) is 11.1 Å². The highest BCUT2D eigenvalue weighted by Crippen LogP contribution is 2.31. The summed E-state index contributed by atoms with van der Waals surface area (Å²) in [6.45, 7) is 0.775. The van der Waals surface area contributed by atoms with Crippen molar-refractivity contribution in [2.45, 2.75) is 19.4 Å². The number of hydrogen-bond acceptors (Lipinski definition) is 2. The Morgan fingerprint density at radius 2 is 2.10 bits per heavy atom. The molecule has 0 spiro atoms. The van der Waals surface area contributed by atoms with E-state index in [9.17, 15) is 13.6 Å². The Morgan fingerprint density at radius 3 is 2.75 bits per heavy atom. The normalized spacial score (nSPS) is 14.5. The van der Waals surface area contributed by atoms with Gasteiger partial charge < -0.3 is 5.11 Å². The van der Waals surface area contributed by atoms with Crippen LogP contribution in [-0.2, 0) is 6.54 Å². The minimum Gasteiger partial charge on any atom is -0.478 e. The summed E-state index contributed by atoms with van der Waals surface area (Å²) in [7, 11) is 0. The molecular weight excluding hydrogens is 266 g/mol. The molecule has 1 aromatic carbocycles. The summed E-state index contributed by atoms with van der Waals surface area (Å²) >= 11 is 0. The van der Waals surface area contributed by atoms with Gasteiger partial charge >= 0.3 is 5.97 Å². The molecule has 1 aliphatic carbocycles. The average molecular weight is 278 g/mol. The molecule has 1 saturated carbocycles. The Hall–Kier alpha value is -2.24. The Bertz CT molecular complexity index is 678. The van der Waals surface area contributed by atoms with Crippen molar-refractivity contribution in [2.24, 2.45) is 5.92 Å². The van der Waals surface area contributed by atoms with Crippen LogP contribution in [0, 0.1) is 17.6 Å². The van der Waals surface area contributed by atoms with Crippen LogP contribution < -0.4 is 0 Å². The number of halogens is 2. The molecule has 20 heavy (non-hydrogen) atoms. The van der Waals surface area contributed by atoms with E-state index in [0.717, 1.165) is 12.6 Å². The molecule has 0 unspecified atom stereocenters. The zero-order valence-electron chi connectivity index (χ0n) is 10.5. The van der Waals surface area contributed by atoms with Gasteiger partial charge in [-0.1, -0.05) is 6.07 Å². The number of aromatic nitrogens is 2. The van der Waals surface area contributed by atoms with Crippen molar-refractivity contribution in [3.63, 3.8) is 0 Å². The first-order valence-corrected chi connectivity index (χ1v) is 6.30. The summed E-state index contributed by atoms with van der Waals surface area (Å²) < 4.78 is 29.3. The van der Waals surface area contributed by atoms with E-state index in [1.54, 1.807) is 10.9 Å². The number of hydrogen-bond donors (Lipinski definition) is 1. The van der Waals surface area contributed by atoms with Crippen LogP contribution in [0.3, 0.4) is 0 Å². The second-order valence-corrected chi connectivity index (χ2v) is 4.99. The van der Waals surface area contributed by atoms with Gasteiger partial charge in [0.2, 0.25) is 0 Å². The van der Waals surface area contributed by atoms with Gasteiger partial charge in [-0.05, 0) is 24.8 Å². The van der Waals surface area contributed by atoms with Crippen LogP contribution in [-0.4, -0.2) is 20.9 Å². The molecule has 1 fully saturated rings. The molecule has 1 heterocycles. The quantitative estimate of drug-likeness (QED) is 0.935. The summed E-state index contributed by atoms with van der Waals surface area (Å²) in [5.41, 5.74) is -0.204. The zero-order valence-corrected chi connectivity index (χ0v) is 10.5. The number of aromatic carboxylic acids is 1. The third-order valence-corrected chi connectivity index (χ3v) is 3.40. The smallest absolute Gasteiger partial charge is 0.338 e. The summed E-state index contributed by atoms with van der Waals surface area (Å²) in [6.07, 6.45) is 5.45. The first kappa shape index (κ1) is 12.8. The first-order valence-electron chi connectivity index (χ1n) is 6.30. The molecule has 1 aromatic heterocycles. The third-order valence-electron chi connectivity index (χ3n) is 3.40. The highest BCUT2D eigenvalue weighted by atomic mass is 19.2. The van der Waals surface area contributed by atoms with Gasteiger partial charge in [0.25, 0.3) is 0 Å². The second kappa shape index (κ2) is 4.70. The van der Waals surface area contributed by atoms with Gasteiger partial charge in [0.1, 0.15) is 0 Å². The number of benzene rings is 1. The first-order chi connectivity index (χ1) is 9.56. The molecule has 2 aromatic rings. The summed E-state index contributed by atoms with van der Waals surface area (Å²) in [6, 6.07) is 2.33. The maximum Gasteiger partial charge on any atom is 0.338 e. The van der Waals surface area contributed by atoms with Crippen molar-refractivity contribution < 1.29 is 18.7 Å². The van der Waals surface area contributed by atoms with E-state index in [-0.39, 0.29) is 5.56 Å². The lowest BCUT2D eigenvalue weighted by Gasteiger charge is -2.04. The van der Waals surface area contributed by atoms with Crippen LogP contribution >= 0.6 is 0 Å². The van der Waals surface area contributed by atoms with Gasteiger partial charge in [-0.25, -0.2) is 13.6 Å². The van der Waals surface area contributed by atoms with Gasteiger partial charge in [-0.15, -0.1) is 0 Å². The van der Waals surface area contributed by atoms with Crippen LogP contribution in [0.5, 0.6) is 0 Å². The maximum atomic E-state index is 13.9. The predicted molar refractivity (Wildman–Crippen MR) is 67.3 cm³/mol. The molecule has 3 rings (SSSR count). The van der Waals surface area contributed by atoms with E-state index >= 15 is 0 Å². The van der Waals surface area contributed by atoms with Crippen LogP contribution in [0.1, 0.15) is 23.2 Å². The molecule has 0 radical (unpaired) electrons. The van der Waals surface area contributed by atoms with E-state index in [1.165, 1.54) is 25.1 Å². The summed E-state index contributed by atoms with van der Waals surface area (Å²) in [5.74, 6) is -3.36. The molecule has 1 aliphatic rings. The van der Waals surface area contributed by atoms with Crippen LogP contribution in [0.2, 0.25) is 0 Å². The molecule has 4 nitrogen and oxygen atoms in total. The Labute approximate surface area is 113 Å². The SMILES string of the molecule is O=C(O)c1ccc(-c2cnn(CC3CC3)c2)c(F)c1F. The van der Waals surface area contributed by atoms with E-state index < -0.39 is 23.2 Å². The number of rotatable bonds is 4. The molecule has 0 atom stereocenters. The van der Waals surface area contributed by atoms with Crippen LogP contribution in [0.25, 0.3) is 11.1 Å². The fraction of sp³-hybridized carbons (Fsp3) is 0.286. The van der Waals surface area contributed by atoms with Crippen molar-refractivity contribution in [2.75, 3.05) is 0 Å². The molecule has 0 aliphatic heterocycles. The minimum absolute atomic E-state index is 0.0227. The largest absolute Gasteiger partial charge is 0.478 e. The number of carboxylic acid groups (broad SMARTS) is 1. The molecule has 0 bridgehead atoms. The van der Waals surface area contributed by atoms with Gasteiger partial charge in [0, 0.05) is 23.9 Å². The van der Waals surface area contributed by atoms with Crippen LogP contribution in [0.4, 0.5) is 8.78 Å². The lowest BCUT2D eigenvalue weighted by atomic mass is 10.1. The van der Waals surface area contributed by atoms with Gasteiger partial charge in [-0.2, -0.15) is 5.10 Å². The standard InChI is InChI=1S/C14H12F2N2O2/c15-12-10(3-4-11(13(12)16)14(19)20)9-5-17-18(7-9)6-8-1-2-8/h3-5,7-8H,1-2,6H2,(H,19,20). The molecule has 0 saturated heterocycles. The number of carboxylic acids is 1. The predicted octanol–water partition coefficient (Wildman–Crippen LogP) is 2.94. The maximum absolute atomic E-state index is 13.9. The number of nitrogens with zero attached hydrogens (tertiary/aromatic N) is 2. The minimum atomic E-state index is -1.49. The lowest BCUT2D eigenvalue weighted by molar-refractivity contribution is 0.0690. The highest BCUT2D eigenvalue weighted by Gasteiger charge is 2.23. The van der Waals surface area contributed by atoms with Gasteiger partial charge in [-0.3, -0.25) is 4.68 Å². The molecule has 1 N–H and O–H groups in total. The van der Waals surface area contributed by atoms with Crippen LogP contribution in [0.15, 0.2) is 24.5 Å². The van der Waals surface area contributed by atoms with Crippen molar-refractivity contribution in [3.05, 3.63) is 41.7 Å². The molecular formula is C14H12F2N2O2. The molecule has 0 amide bonds. The molecule has 104 valence electrons. The lowest BCUT2D eigenvalue weighted by Crippen LogP contribution is -2.03. The Morgan fingerprint density at radius 1 is 1.35 bits per heavy atom. The average Bonchev–Trinajstić information content (AvgIpc) is 3.09. The highest BCUT2D eigenvalue weighted by molar-refractivity contribution is 5.88. The topological polar surface area (TPSA) is 55.1 Å². The Balaban J connectivity index is 1.95. The van der Waals surface area contributed by atoms with E-state index in [2.05, 4.69) is 5.10 Å². The van der Waals surface area contributed by atoms with E-state index in [1.807, 2.05) is 0 Å². The van der Waals surface area contributed by atoms with Crippen molar-refractivity contribution >= 4 is 5.97 Å². The Kier molecular flexibility index (Phi) is 3.00.